The van der Waals surface area contributed by atoms with Gasteiger partial charge in [0.2, 0.25) is 0 Å². The van der Waals surface area contributed by atoms with E-state index in [9.17, 15) is 9.59 Å². The smallest absolute Gasteiger partial charge is 0.328 e. The molecule has 7 nitrogen and oxygen atoms in total. The number of carbonyl (C=O) groups is 2. The summed E-state index contributed by atoms with van der Waals surface area (Å²) in [5, 5.41) is 2.71. The van der Waals surface area contributed by atoms with E-state index < -0.39 is 12.0 Å². The fraction of sp³-hybridized carbons (Fsp3) is 0.353. The van der Waals surface area contributed by atoms with E-state index in [2.05, 4.69) is 10.3 Å². The lowest BCUT2D eigenvalue weighted by molar-refractivity contribution is -0.142. The molecule has 0 aliphatic carbocycles. The zero-order chi connectivity index (χ0) is 17.5. The van der Waals surface area contributed by atoms with Crippen molar-refractivity contribution in [3.63, 3.8) is 0 Å². The number of imidazole rings is 1. The average Bonchev–Trinajstić information content (AvgIpc) is 2.99. The number of esters is 1. The summed E-state index contributed by atoms with van der Waals surface area (Å²) >= 11 is 0. The second-order valence-corrected chi connectivity index (χ2v) is 5.60. The summed E-state index contributed by atoms with van der Waals surface area (Å²) in [4.78, 5) is 30.0. The van der Waals surface area contributed by atoms with Crippen molar-refractivity contribution in [2.45, 2.75) is 19.0 Å². The molecule has 1 atom stereocenters. The minimum atomic E-state index is -0.782. The summed E-state index contributed by atoms with van der Waals surface area (Å²) in [6, 6.07) is 8.51. The van der Waals surface area contributed by atoms with Crippen molar-refractivity contribution in [2.24, 2.45) is 7.05 Å². The molecule has 7 heteroatoms. The molecule has 2 amide bonds. The van der Waals surface area contributed by atoms with Crippen LogP contribution in [0.1, 0.15) is 11.3 Å². The fourth-order valence-corrected chi connectivity index (χ4v) is 2.31. The number of ether oxygens (including phenoxy) is 1. The van der Waals surface area contributed by atoms with Crippen LogP contribution in [0.15, 0.2) is 42.9 Å². The van der Waals surface area contributed by atoms with Gasteiger partial charge in [-0.3, -0.25) is 0 Å². The average molecular weight is 330 g/mol. The molecule has 1 heterocycles. The molecule has 0 bridgehead atoms. The van der Waals surface area contributed by atoms with Gasteiger partial charge in [-0.05, 0) is 5.56 Å². The second-order valence-electron chi connectivity index (χ2n) is 5.60. The summed E-state index contributed by atoms with van der Waals surface area (Å²) in [5.74, 6) is -0.498. The van der Waals surface area contributed by atoms with Gasteiger partial charge in [-0.2, -0.15) is 0 Å². The van der Waals surface area contributed by atoms with E-state index in [0.717, 1.165) is 5.56 Å². The van der Waals surface area contributed by atoms with E-state index >= 15 is 0 Å². The Morgan fingerprint density at radius 3 is 2.62 bits per heavy atom. The van der Waals surface area contributed by atoms with Crippen molar-refractivity contribution < 1.29 is 14.3 Å². The Kier molecular flexibility index (Phi) is 5.95. The Hall–Kier alpha value is -2.83. The number of aryl methyl sites for hydroxylation is 1. The summed E-state index contributed by atoms with van der Waals surface area (Å²) in [5.41, 5.74) is 1.72. The first-order chi connectivity index (χ1) is 11.5. The van der Waals surface area contributed by atoms with Crippen molar-refractivity contribution in [2.75, 3.05) is 14.2 Å². The summed E-state index contributed by atoms with van der Waals surface area (Å²) < 4.78 is 6.57. The molecule has 0 saturated heterocycles. The maximum absolute atomic E-state index is 12.4. The van der Waals surface area contributed by atoms with Crippen LogP contribution < -0.4 is 5.32 Å². The van der Waals surface area contributed by atoms with Gasteiger partial charge in [0.1, 0.15) is 6.04 Å². The van der Waals surface area contributed by atoms with E-state index in [0.29, 0.717) is 12.2 Å². The van der Waals surface area contributed by atoms with E-state index in [1.54, 1.807) is 24.1 Å². The lowest BCUT2D eigenvalue weighted by atomic mass is 10.1. The molecule has 0 aliphatic rings. The van der Waals surface area contributed by atoms with Crippen LogP contribution in [0, 0.1) is 0 Å². The number of benzene rings is 1. The number of aromatic nitrogens is 2. The highest BCUT2D eigenvalue weighted by molar-refractivity contribution is 5.83. The molecule has 0 aliphatic heterocycles. The highest BCUT2D eigenvalue weighted by Crippen LogP contribution is 2.05. The maximum atomic E-state index is 12.4. The van der Waals surface area contributed by atoms with E-state index in [4.69, 9.17) is 4.74 Å². The molecular formula is C17H22N4O3. The number of nitrogens with zero attached hydrogens (tertiary/aromatic N) is 3. The largest absolute Gasteiger partial charge is 0.467 e. The number of methoxy groups -OCH3 is 1. The topological polar surface area (TPSA) is 76.5 Å². The van der Waals surface area contributed by atoms with Gasteiger partial charge in [0, 0.05) is 33.3 Å². The Balaban J connectivity index is 1.99. The number of carbonyl (C=O) groups excluding carboxylic acids is 2. The van der Waals surface area contributed by atoms with E-state index in [-0.39, 0.29) is 12.5 Å². The quantitative estimate of drug-likeness (QED) is 0.811. The Morgan fingerprint density at radius 2 is 2.04 bits per heavy atom. The van der Waals surface area contributed by atoms with Gasteiger partial charge >= 0.3 is 12.0 Å². The highest BCUT2D eigenvalue weighted by atomic mass is 16.5. The first-order valence-electron chi connectivity index (χ1n) is 7.60. The molecule has 24 heavy (non-hydrogen) atoms. The third-order valence-corrected chi connectivity index (χ3v) is 3.56. The van der Waals surface area contributed by atoms with Crippen LogP contribution in [0.3, 0.4) is 0 Å². The number of hydrogen-bond donors (Lipinski definition) is 1. The molecule has 1 N–H and O–H groups in total. The molecule has 0 radical (unpaired) electrons. The lowest BCUT2D eigenvalue weighted by Gasteiger charge is -2.22. The van der Waals surface area contributed by atoms with E-state index in [1.165, 1.54) is 12.0 Å². The van der Waals surface area contributed by atoms with Crippen molar-refractivity contribution in [1.29, 1.82) is 0 Å². The number of amides is 2. The molecule has 0 fully saturated rings. The van der Waals surface area contributed by atoms with Crippen molar-refractivity contribution in [3.8, 4) is 0 Å². The zero-order valence-electron chi connectivity index (χ0n) is 14.1. The van der Waals surface area contributed by atoms with Crippen molar-refractivity contribution in [1.82, 2.24) is 19.8 Å². The molecule has 1 aromatic heterocycles. The van der Waals surface area contributed by atoms with Crippen LogP contribution in [0.5, 0.6) is 0 Å². The van der Waals surface area contributed by atoms with Crippen LogP contribution in [-0.2, 0) is 29.5 Å². The van der Waals surface area contributed by atoms with Crippen LogP contribution >= 0.6 is 0 Å². The molecule has 2 aromatic rings. The Morgan fingerprint density at radius 1 is 1.33 bits per heavy atom. The molecule has 1 unspecified atom stereocenters. The normalized spacial score (nSPS) is 11.6. The molecule has 0 saturated carbocycles. The SMILES string of the molecule is COC(=O)C(Cc1cn(C)cn1)NC(=O)N(C)Cc1ccccc1. The summed E-state index contributed by atoms with van der Waals surface area (Å²) in [7, 11) is 4.82. The molecule has 0 spiro atoms. The predicted octanol–water partition coefficient (Wildman–Crippen LogP) is 1.35. The second kappa shape index (κ2) is 8.14. The van der Waals surface area contributed by atoms with Gasteiger partial charge in [-0.1, -0.05) is 30.3 Å². The number of hydrogen-bond acceptors (Lipinski definition) is 4. The van der Waals surface area contributed by atoms with Gasteiger partial charge in [-0.15, -0.1) is 0 Å². The van der Waals surface area contributed by atoms with Crippen molar-refractivity contribution >= 4 is 12.0 Å². The minimum Gasteiger partial charge on any atom is -0.467 e. The first-order valence-corrected chi connectivity index (χ1v) is 7.60. The summed E-state index contributed by atoms with van der Waals surface area (Å²) in [6.07, 6.45) is 3.72. The predicted molar refractivity (Wildman–Crippen MR) is 89.2 cm³/mol. The van der Waals surface area contributed by atoms with Gasteiger partial charge in [0.05, 0.1) is 19.1 Å². The molecule has 1 aromatic carbocycles. The lowest BCUT2D eigenvalue weighted by Crippen LogP contribution is -2.48. The third kappa shape index (κ3) is 4.84. The Bertz CT molecular complexity index is 684. The maximum Gasteiger partial charge on any atom is 0.328 e. The van der Waals surface area contributed by atoms with E-state index in [1.807, 2.05) is 37.4 Å². The number of nitrogens with one attached hydrogen (secondary N) is 1. The highest BCUT2D eigenvalue weighted by Gasteiger charge is 2.24. The monoisotopic (exact) mass is 330 g/mol. The van der Waals surface area contributed by atoms with Crippen LogP contribution in [0.25, 0.3) is 0 Å². The zero-order valence-corrected chi connectivity index (χ0v) is 14.1. The number of rotatable bonds is 6. The minimum absolute atomic E-state index is 0.276. The summed E-state index contributed by atoms with van der Waals surface area (Å²) in [6.45, 7) is 0.449. The van der Waals surface area contributed by atoms with Gasteiger partial charge in [0.15, 0.2) is 0 Å². The van der Waals surface area contributed by atoms with Crippen LogP contribution in [0.2, 0.25) is 0 Å². The molecule has 2 rings (SSSR count). The van der Waals surface area contributed by atoms with Crippen LogP contribution in [0.4, 0.5) is 4.79 Å². The van der Waals surface area contributed by atoms with Crippen molar-refractivity contribution in [3.05, 3.63) is 54.1 Å². The van der Waals surface area contributed by atoms with Crippen LogP contribution in [-0.4, -0.2) is 46.7 Å². The van der Waals surface area contributed by atoms with Gasteiger partial charge in [-0.25, -0.2) is 14.6 Å². The van der Waals surface area contributed by atoms with Gasteiger partial charge < -0.3 is 19.5 Å². The number of urea groups is 1. The molecule has 128 valence electrons. The fourth-order valence-electron chi connectivity index (χ4n) is 2.31. The Labute approximate surface area is 141 Å². The third-order valence-electron chi connectivity index (χ3n) is 3.56. The standard InChI is InChI=1S/C17H22N4O3/c1-20-11-14(18-12-20)9-15(16(22)24-3)19-17(23)21(2)10-13-7-5-4-6-8-13/h4-8,11-12,15H,9-10H2,1-3H3,(H,19,23). The molecular weight excluding hydrogens is 308 g/mol. The first kappa shape index (κ1) is 17.5. The van der Waals surface area contributed by atoms with Gasteiger partial charge in [0.25, 0.3) is 0 Å².